The lowest BCUT2D eigenvalue weighted by Crippen LogP contribution is -2.36. The molecule has 0 unspecified atom stereocenters. The van der Waals surface area contributed by atoms with Crippen LogP contribution in [0.1, 0.15) is 24.8 Å². The summed E-state index contributed by atoms with van der Waals surface area (Å²) in [6.07, 6.45) is 3.90. The van der Waals surface area contributed by atoms with Gasteiger partial charge in [-0.3, -0.25) is 0 Å². The lowest BCUT2D eigenvalue weighted by atomic mass is 9.86. The Morgan fingerprint density at radius 1 is 1.23 bits per heavy atom. The van der Waals surface area contributed by atoms with Crippen LogP contribution in [0.4, 0.5) is 0 Å². The molecule has 0 saturated heterocycles. The van der Waals surface area contributed by atoms with E-state index >= 15 is 0 Å². The summed E-state index contributed by atoms with van der Waals surface area (Å²) in [4.78, 5) is 0. The summed E-state index contributed by atoms with van der Waals surface area (Å²) in [5, 5.41) is 0. The van der Waals surface area contributed by atoms with E-state index in [1.807, 2.05) is 0 Å². The van der Waals surface area contributed by atoms with Gasteiger partial charge in [0, 0.05) is 5.54 Å². The van der Waals surface area contributed by atoms with Crippen molar-refractivity contribution in [1.29, 1.82) is 0 Å². The molecular weight excluding hydrogens is 158 g/mol. The molecule has 1 aromatic rings. The number of hydrogen-bond donors (Lipinski definition) is 1. The second kappa shape index (κ2) is 2.36. The molecule has 2 aliphatic carbocycles. The second-order valence-corrected chi connectivity index (χ2v) is 4.55. The third-order valence-electron chi connectivity index (χ3n) is 3.82. The minimum atomic E-state index is 0.0198. The Hall–Kier alpha value is -0.820. The Kier molecular flexibility index (Phi) is 1.37. The van der Waals surface area contributed by atoms with Crippen LogP contribution in [0.5, 0.6) is 0 Å². The molecule has 0 aromatic heterocycles. The van der Waals surface area contributed by atoms with E-state index in [4.69, 9.17) is 5.73 Å². The number of nitrogens with two attached hydrogens (primary N) is 1. The summed E-state index contributed by atoms with van der Waals surface area (Å²) < 4.78 is 0. The third kappa shape index (κ3) is 0.969. The fourth-order valence-corrected chi connectivity index (χ4v) is 2.91. The van der Waals surface area contributed by atoms with E-state index in [2.05, 4.69) is 30.3 Å². The molecule has 1 nitrogen and oxygen atoms in total. The Balaban J connectivity index is 2.00. The number of benzene rings is 1. The molecule has 0 spiro atoms. The zero-order chi connectivity index (χ0) is 8.89. The maximum atomic E-state index is 6.47. The van der Waals surface area contributed by atoms with Crippen molar-refractivity contribution in [3.05, 3.63) is 35.9 Å². The molecule has 1 heteroatoms. The van der Waals surface area contributed by atoms with Crippen LogP contribution in [0.15, 0.2) is 30.3 Å². The van der Waals surface area contributed by atoms with E-state index < -0.39 is 0 Å². The van der Waals surface area contributed by atoms with Crippen LogP contribution in [-0.4, -0.2) is 0 Å². The van der Waals surface area contributed by atoms with E-state index in [9.17, 15) is 0 Å². The normalized spacial score (nSPS) is 41.6. The third-order valence-corrected chi connectivity index (χ3v) is 3.82. The fraction of sp³-hybridized carbons (Fsp3) is 0.500. The lowest BCUT2D eigenvalue weighted by Gasteiger charge is -2.26. The SMILES string of the molecule is N[C@]1(c2ccccc2)CC[C@H]2C[C@H]21. The predicted molar refractivity (Wildman–Crippen MR) is 53.1 cm³/mol. The molecule has 0 amide bonds. The van der Waals surface area contributed by atoms with Gasteiger partial charge in [0.1, 0.15) is 0 Å². The summed E-state index contributed by atoms with van der Waals surface area (Å²) in [5.74, 6) is 1.74. The molecule has 0 radical (unpaired) electrons. The van der Waals surface area contributed by atoms with Gasteiger partial charge in [0.15, 0.2) is 0 Å². The maximum Gasteiger partial charge on any atom is 0.0441 e. The van der Waals surface area contributed by atoms with Crippen LogP contribution in [0, 0.1) is 11.8 Å². The summed E-state index contributed by atoms with van der Waals surface area (Å²) in [7, 11) is 0. The van der Waals surface area contributed by atoms with Gasteiger partial charge in [0.2, 0.25) is 0 Å². The van der Waals surface area contributed by atoms with Gasteiger partial charge in [-0.1, -0.05) is 30.3 Å². The Labute approximate surface area is 78.9 Å². The first kappa shape index (κ1) is 7.57. The van der Waals surface area contributed by atoms with Crippen molar-refractivity contribution in [2.75, 3.05) is 0 Å². The predicted octanol–water partition coefficient (Wildman–Crippen LogP) is 2.27. The van der Waals surface area contributed by atoms with E-state index in [1.165, 1.54) is 24.8 Å². The highest BCUT2D eigenvalue weighted by atomic mass is 14.8. The minimum absolute atomic E-state index is 0.0198. The fourth-order valence-electron chi connectivity index (χ4n) is 2.91. The van der Waals surface area contributed by atoms with Gasteiger partial charge >= 0.3 is 0 Å². The highest BCUT2D eigenvalue weighted by Crippen LogP contribution is 2.60. The van der Waals surface area contributed by atoms with E-state index in [-0.39, 0.29) is 5.54 Å². The van der Waals surface area contributed by atoms with E-state index in [0.29, 0.717) is 0 Å². The van der Waals surface area contributed by atoms with Gasteiger partial charge in [-0.15, -0.1) is 0 Å². The summed E-state index contributed by atoms with van der Waals surface area (Å²) >= 11 is 0. The molecular formula is C12H15N. The second-order valence-electron chi connectivity index (χ2n) is 4.55. The van der Waals surface area contributed by atoms with Gasteiger partial charge in [0.05, 0.1) is 0 Å². The molecule has 1 aromatic carbocycles. The van der Waals surface area contributed by atoms with Crippen molar-refractivity contribution >= 4 is 0 Å². The largest absolute Gasteiger partial charge is 0.321 e. The first-order valence-corrected chi connectivity index (χ1v) is 5.15. The summed E-state index contributed by atoms with van der Waals surface area (Å²) in [6.45, 7) is 0. The van der Waals surface area contributed by atoms with Gasteiger partial charge in [-0.25, -0.2) is 0 Å². The average molecular weight is 173 g/mol. The molecule has 2 N–H and O–H groups in total. The molecule has 2 aliphatic rings. The highest BCUT2D eigenvalue weighted by Gasteiger charge is 2.56. The van der Waals surface area contributed by atoms with Crippen LogP contribution in [0.2, 0.25) is 0 Å². The van der Waals surface area contributed by atoms with Gasteiger partial charge < -0.3 is 5.73 Å². The highest BCUT2D eigenvalue weighted by molar-refractivity contribution is 5.29. The average Bonchev–Trinajstić information content (AvgIpc) is 2.90. The standard InChI is InChI=1S/C12H15N/c13-12(7-6-9-8-11(9)12)10-4-2-1-3-5-10/h1-5,9,11H,6-8,13H2/t9-,11+,12-/m0/s1. The Morgan fingerprint density at radius 2 is 2.00 bits per heavy atom. The summed E-state index contributed by atoms with van der Waals surface area (Å²) in [5.41, 5.74) is 7.83. The van der Waals surface area contributed by atoms with Crippen LogP contribution < -0.4 is 5.73 Å². The smallest absolute Gasteiger partial charge is 0.0441 e. The molecule has 0 heterocycles. The Morgan fingerprint density at radius 3 is 2.54 bits per heavy atom. The van der Waals surface area contributed by atoms with Crippen LogP contribution in [-0.2, 0) is 5.54 Å². The zero-order valence-corrected chi connectivity index (χ0v) is 7.74. The van der Waals surface area contributed by atoms with Crippen molar-refractivity contribution in [3.8, 4) is 0 Å². The maximum absolute atomic E-state index is 6.47. The molecule has 0 bridgehead atoms. The van der Waals surface area contributed by atoms with Gasteiger partial charge in [-0.2, -0.15) is 0 Å². The first-order valence-electron chi connectivity index (χ1n) is 5.15. The molecule has 3 atom stereocenters. The number of hydrogen-bond acceptors (Lipinski definition) is 1. The zero-order valence-electron chi connectivity index (χ0n) is 7.74. The molecule has 68 valence electrons. The molecule has 2 fully saturated rings. The van der Waals surface area contributed by atoms with E-state index in [0.717, 1.165) is 11.8 Å². The van der Waals surface area contributed by atoms with Gasteiger partial charge in [0.25, 0.3) is 0 Å². The van der Waals surface area contributed by atoms with Crippen molar-refractivity contribution in [1.82, 2.24) is 0 Å². The van der Waals surface area contributed by atoms with Crippen LogP contribution in [0.25, 0.3) is 0 Å². The molecule has 3 rings (SSSR count). The van der Waals surface area contributed by atoms with Crippen molar-refractivity contribution in [2.24, 2.45) is 17.6 Å². The van der Waals surface area contributed by atoms with Crippen LogP contribution >= 0.6 is 0 Å². The van der Waals surface area contributed by atoms with Crippen molar-refractivity contribution < 1.29 is 0 Å². The minimum Gasteiger partial charge on any atom is -0.321 e. The first-order chi connectivity index (χ1) is 6.31. The quantitative estimate of drug-likeness (QED) is 0.692. The Bertz CT molecular complexity index is 319. The topological polar surface area (TPSA) is 26.0 Å². The van der Waals surface area contributed by atoms with Crippen molar-refractivity contribution in [3.63, 3.8) is 0 Å². The summed E-state index contributed by atoms with van der Waals surface area (Å²) in [6, 6.07) is 10.6. The van der Waals surface area contributed by atoms with E-state index in [1.54, 1.807) is 0 Å². The van der Waals surface area contributed by atoms with Gasteiger partial charge in [-0.05, 0) is 36.7 Å². The number of rotatable bonds is 1. The lowest BCUT2D eigenvalue weighted by molar-refractivity contribution is 0.400. The monoisotopic (exact) mass is 173 g/mol. The molecule has 13 heavy (non-hydrogen) atoms. The number of fused-ring (bicyclic) bond motifs is 1. The molecule has 2 saturated carbocycles. The van der Waals surface area contributed by atoms with Crippen molar-refractivity contribution in [2.45, 2.75) is 24.8 Å². The van der Waals surface area contributed by atoms with Crippen LogP contribution in [0.3, 0.4) is 0 Å². The molecule has 0 aliphatic heterocycles.